The Kier molecular flexibility index (Phi) is 4.32. The number of fused-ring (bicyclic) bond motifs is 1. The molecule has 0 unspecified atom stereocenters. The maximum Gasteiger partial charge on any atom is 0.269 e. The highest BCUT2D eigenvalue weighted by Gasteiger charge is 2.25. The average Bonchev–Trinajstić information content (AvgIpc) is 3.02. The average molecular weight is 443 g/mol. The lowest BCUT2D eigenvalue weighted by molar-refractivity contribution is 0.589. The second-order valence-corrected chi connectivity index (χ2v) is 8.90. The summed E-state index contributed by atoms with van der Waals surface area (Å²) in [5, 5.41) is 0.704. The third kappa shape index (κ3) is 3.15. The third-order valence-corrected chi connectivity index (χ3v) is 6.35. The van der Waals surface area contributed by atoms with E-state index in [0.717, 1.165) is 10.0 Å². The maximum atomic E-state index is 13.4. The number of pyridine rings is 1. The van der Waals surface area contributed by atoms with Crippen molar-refractivity contribution >= 4 is 37.0 Å². The number of aromatic nitrogens is 4. The quantitative estimate of drug-likeness (QED) is 0.476. The maximum absolute atomic E-state index is 13.4. The second kappa shape index (κ2) is 6.54. The molecule has 0 aliphatic heterocycles. The molecule has 0 saturated carbocycles. The van der Waals surface area contributed by atoms with Crippen LogP contribution in [0.4, 0.5) is 0 Å². The van der Waals surface area contributed by atoms with Crippen molar-refractivity contribution < 1.29 is 8.42 Å². The lowest BCUT2D eigenvalue weighted by Crippen LogP contribution is -2.15. The van der Waals surface area contributed by atoms with Crippen molar-refractivity contribution in [2.45, 2.75) is 18.7 Å². The molecule has 0 saturated heterocycles. The van der Waals surface area contributed by atoms with E-state index in [9.17, 15) is 8.42 Å². The van der Waals surface area contributed by atoms with Gasteiger partial charge in [0.05, 0.1) is 10.6 Å². The van der Waals surface area contributed by atoms with Crippen molar-refractivity contribution in [3.05, 3.63) is 70.8 Å². The molecule has 0 N–H and O–H groups in total. The molecule has 0 aliphatic rings. The van der Waals surface area contributed by atoms with Gasteiger partial charge in [0.2, 0.25) is 0 Å². The van der Waals surface area contributed by atoms with Crippen LogP contribution in [0.25, 0.3) is 22.3 Å². The number of nitrogens with zero attached hydrogens (tertiary/aromatic N) is 4. The summed E-state index contributed by atoms with van der Waals surface area (Å²) in [6.45, 7) is 3.69. The SMILES string of the molecule is Cc1ccc(S(=O)(=O)n2c(-c3cnc(C)nc3)cc3cc(Br)cnc32)cc1. The van der Waals surface area contributed by atoms with Crippen LogP contribution in [0.5, 0.6) is 0 Å². The Labute approximate surface area is 165 Å². The second-order valence-electron chi connectivity index (χ2n) is 6.20. The van der Waals surface area contributed by atoms with Crippen LogP contribution in [-0.2, 0) is 10.0 Å². The van der Waals surface area contributed by atoms with E-state index in [4.69, 9.17) is 0 Å². The van der Waals surface area contributed by atoms with Crippen LogP contribution in [0.3, 0.4) is 0 Å². The molecule has 0 aliphatic carbocycles. The predicted octanol–water partition coefficient (Wildman–Crippen LogP) is 4.11. The molecule has 8 heteroatoms. The van der Waals surface area contributed by atoms with Gasteiger partial charge in [-0.3, -0.25) is 0 Å². The zero-order valence-electron chi connectivity index (χ0n) is 14.6. The van der Waals surface area contributed by atoms with Crippen LogP contribution in [0.15, 0.2) is 64.4 Å². The zero-order chi connectivity index (χ0) is 19.2. The first-order chi connectivity index (χ1) is 12.9. The van der Waals surface area contributed by atoms with Gasteiger partial charge in [-0.1, -0.05) is 17.7 Å². The molecule has 3 aromatic heterocycles. The Hall–Kier alpha value is -2.58. The van der Waals surface area contributed by atoms with E-state index >= 15 is 0 Å². The van der Waals surface area contributed by atoms with E-state index in [1.54, 1.807) is 55.8 Å². The Balaban J connectivity index is 2.04. The number of aryl methyl sites for hydroxylation is 2. The third-order valence-electron chi connectivity index (χ3n) is 4.20. The molecule has 27 heavy (non-hydrogen) atoms. The molecule has 0 spiro atoms. The molecule has 6 nitrogen and oxygen atoms in total. The fourth-order valence-electron chi connectivity index (χ4n) is 2.83. The minimum atomic E-state index is -3.86. The highest BCUT2D eigenvalue weighted by molar-refractivity contribution is 9.10. The van der Waals surface area contributed by atoms with Gasteiger partial charge in [0.25, 0.3) is 10.0 Å². The first kappa shape index (κ1) is 17.8. The molecule has 0 amide bonds. The fraction of sp³-hybridized carbons (Fsp3) is 0.105. The number of hydrogen-bond donors (Lipinski definition) is 0. The number of benzene rings is 1. The van der Waals surface area contributed by atoms with Crippen molar-refractivity contribution in [2.75, 3.05) is 0 Å². The topological polar surface area (TPSA) is 77.7 Å². The number of rotatable bonds is 3. The Morgan fingerprint density at radius 3 is 2.26 bits per heavy atom. The van der Waals surface area contributed by atoms with Crippen molar-refractivity contribution in [2.24, 2.45) is 0 Å². The smallest absolute Gasteiger partial charge is 0.241 e. The minimum absolute atomic E-state index is 0.199. The number of halogens is 1. The summed E-state index contributed by atoms with van der Waals surface area (Å²) in [5.41, 5.74) is 2.41. The molecule has 0 fully saturated rings. The first-order valence-corrected chi connectivity index (χ1v) is 10.4. The molecule has 3 heterocycles. The van der Waals surface area contributed by atoms with Gasteiger partial charge in [-0.25, -0.2) is 27.3 Å². The van der Waals surface area contributed by atoms with Gasteiger partial charge in [0.1, 0.15) is 5.82 Å². The van der Waals surface area contributed by atoms with Gasteiger partial charge in [0, 0.05) is 34.0 Å². The van der Waals surface area contributed by atoms with Crippen molar-refractivity contribution in [3.63, 3.8) is 0 Å². The molecule has 0 bridgehead atoms. The summed E-state index contributed by atoms with van der Waals surface area (Å²) in [5.74, 6) is 0.615. The van der Waals surface area contributed by atoms with E-state index in [1.807, 2.05) is 13.0 Å². The monoisotopic (exact) mass is 442 g/mol. The van der Waals surface area contributed by atoms with Crippen LogP contribution >= 0.6 is 15.9 Å². The van der Waals surface area contributed by atoms with Crippen LogP contribution in [0.1, 0.15) is 11.4 Å². The van der Waals surface area contributed by atoms with E-state index in [-0.39, 0.29) is 4.90 Å². The lowest BCUT2D eigenvalue weighted by Gasteiger charge is -2.11. The molecule has 0 radical (unpaired) electrons. The van der Waals surface area contributed by atoms with Crippen LogP contribution < -0.4 is 0 Å². The predicted molar refractivity (Wildman–Crippen MR) is 107 cm³/mol. The lowest BCUT2D eigenvalue weighted by atomic mass is 10.2. The van der Waals surface area contributed by atoms with Gasteiger partial charge in [-0.05, 0) is 54.0 Å². The van der Waals surface area contributed by atoms with Gasteiger partial charge in [-0.15, -0.1) is 0 Å². The van der Waals surface area contributed by atoms with Crippen molar-refractivity contribution in [1.29, 1.82) is 0 Å². The number of hydrogen-bond acceptors (Lipinski definition) is 5. The molecular weight excluding hydrogens is 428 g/mol. The van der Waals surface area contributed by atoms with Crippen LogP contribution in [0.2, 0.25) is 0 Å². The summed E-state index contributed by atoms with van der Waals surface area (Å²) in [6, 6.07) is 10.4. The van der Waals surface area contributed by atoms with Crippen LogP contribution in [0, 0.1) is 13.8 Å². The molecule has 4 aromatic rings. The molecular formula is C19H15BrN4O2S. The van der Waals surface area contributed by atoms with Crippen molar-refractivity contribution in [1.82, 2.24) is 18.9 Å². The highest BCUT2D eigenvalue weighted by Crippen LogP contribution is 2.32. The van der Waals surface area contributed by atoms with Gasteiger partial charge in [0.15, 0.2) is 5.65 Å². The standard InChI is InChI=1S/C19H15BrN4O2S/c1-12-3-5-17(6-4-12)27(25,26)24-18(15-9-21-13(2)22-10-15)8-14-7-16(20)11-23-19(14)24/h3-11H,1-2H3. The molecule has 1 aromatic carbocycles. The van der Waals surface area contributed by atoms with Crippen molar-refractivity contribution in [3.8, 4) is 11.3 Å². The van der Waals surface area contributed by atoms with Gasteiger partial charge < -0.3 is 0 Å². The zero-order valence-corrected chi connectivity index (χ0v) is 17.0. The Bertz CT molecular complexity index is 1250. The van der Waals surface area contributed by atoms with E-state index < -0.39 is 10.0 Å². The summed E-state index contributed by atoms with van der Waals surface area (Å²) >= 11 is 3.39. The first-order valence-electron chi connectivity index (χ1n) is 8.14. The van der Waals surface area contributed by atoms with E-state index in [1.165, 1.54) is 3.97 Å². The highest BCUT2D eigenvalue weighted by atomic mass is 79.9. The Morgan fingerprint density at radius 1 is 0.926 bits per heavy atom. The summed E-state index contributed by atoms with van der Waals surface area (Å²) in [7, 11) is -3.86. The molecule has 4 rings (SSSR count). The summed E-state index contributed by atoms with van der Waals surface area (Å²) in [6.07, 6.45) is 4.82. The van der Waals surface area contributed by atoms with E-state index in [2.05, 4.69) is 30.9 Å². The van der Waals surface area contributed by atoms with Gasteiger partial charge >= 0.3 is 0 Å². The molecule has 136 valence electrons. The van der Waals surface area contributed by atoms with Gasteiger partial charge in [-0.2, -0.15) is 0 Å². The largest absolute Gasteiger partial charge is 0.269 e. The Morgan fingerprint density at radius 2 is 1.59 bits per heavy atom. The minimum Gasteiger partial charge on any atom is -0.241 e. The summed E-state index contributed by atoms with van der Waals surface area (Å²) in [4.78, 5) is 13.0. The van der Waals surface area contributed by atoms with Crippen LogP contribution in [-0.4, -0.2) is 27.3 Å². The molecule has 0 atom stereocenters. The fourth-order valence-corrected chi connectivity index (χ4v) is 4.67. The summed E-state index contributed by atoms with van der Waals surface area (Å²) < 4.78 is 28.9. The normalized spacial score (nSPS) is 11.8. The van der Waals surface area contributed by atoms with E-state index in [0.29, 0.717) is 28.1 Å².